The van der Waals surface area contributed by atoms with Gasteiger partial charge in [0.1, 0.15) is 0 Å². The number of hydrogen-bond donors (Lipinski definition) is 2. The molecule has 2 rings (SSSR count). The van der Waals surface area contributed by atoms with Gasteiger partial charge in [-0.05, 0) is 25.7 Å². The van der Waals surface area contributed by atoms with Crippen LogP contribution >= 0.6 is 0 Å². The highest BCUT2D eigenvalue weighted by Gasteiger charge is 2.15. The first-order valence-corrected chi connectivity index (χ1v) is 6.97. The standard InChI is InChI=1S/C13H22N4O2/c1-2-6-14-13(18)16-11-8-15-17(9-11)10-12-5-3-4-7-19-12/h8-9,12H,2-7,10H2,1H3,(H2,14,16,18). The zero-order valence-corrected chi connectivity index (χ0v) is 11.4. The molecule has 1 fully saturated rings. The maximum Gasteiger partial charge on any atom is 0.319 e. The van der Waals surface area contributed by atoms with Gasteiger partial charge in [-0.2, -0.15) is 5.10 Å². The SMILES string of the molecule is CCCNC(=O)Nc1cnn(CC2CCCCO2)c1. The van der Waals surface area contributed by atoms with Crippen LogP contribution in [0.5, 0.6) is 0 Å². The van der Waals surface area contributed by atoms with Gasteiger partial charge in [0.2, 0.25) is 0 Å². The molecule has 0 bridgehead atoms. The van der Waals surface area contributed by atoms with Crippen LogP contribution in [0.4, 0.5) is 10.5 Å². The van der Waals surface area contributed by atoms with Crippen LogP contribution < -0.4 is 10.6 Å². The average Bonchev–Trinajstić information content (AvgIpc) is 2.85. The van der Waals surface area contributed by atoms with Crippen molar-refractivity contribution in [2.75, 3.05) is 18.5 Å². The average molecular weight is 266 g/mol. The van der Waals surface area contributed by atoms with E-state index in [9.17, 15) is 4.79 Å². The summed E-state index contributed by atoms with van der Waals surface area (Å²) in [7, 11) is 0. The Labute approximate surface area is 113 Å². The summed E-state index contributed by atoms with van der Waals surface area (Å²) in [6.07, 6.45) is 8.12. The minimum atomic E-state index is -0.185. The Morgan fingerprint density at radius 1 is 1.58 bits per heavy atom. The van der Waals surface area contributed by atoms with E-state index in [1.165, 1.54) is 6.42 Å². The smallest absolute Gasteiger partial charge is 0.319 e. The number of ether oxygens (including phenoxy) is 1. The first kappa shape index (κ1) is 13.9. The second kappa shape index (κ2) is 7.13. The molecule has 0 spiro atoms. The Balaban J connectivity index is 1.79. The van der Waals surface area contributed by atoms with Gasteiger partial charge in [-0.1, -0.05) is 6.92 Å². The van der Waals surface area contributed by atoms with Crippen LogP contribution in [0.15, 0.2) is 12.4 Å². The zero-order chi connectivity index (χ0) is 13.5. The number of aromatic nitrogens is 2. The van der Waals surface area contributed by atoms with Crippen LogP contribution in [-0.4, -0.2) is 35.1 Å². The molecule has 106 valence electrons. The van der Waals surface area contributed by atoms with Gasteiger partial charge < -0.3 is 15.4 Å². The van der Waals surface area contributed by atoms with Crippen LogP contribution in [0.25, 0.3) is 0 Å². The molecule has 2 amide bonds. The summed E-state index contributed by atoms with van der Waals surface area (Å²) in [5.41, 5.74) is 0.712. The summed E-state index contributed by atoms with van der Waals surface area (Å²) in [4.78, 5) is 11.5. The molecule has 1 aromatic rings. The Kier molecular flexibility index (Phi) is 5.20. The first-order chi connectivity index (χ1) is 9.28. The number of rotatable bonds is 5. The molecule has 1 atom stereocenters. The van der Waals surface area contributed by atoms with Gasteiger partial charge in [0, 0.05) is 19.3 Å². The highest BCUT2D eigenvalue weighted by Crippen LogP contribution is 2.15. The summed E-state index contributed by atoms with van der Waals surface area (Å²) in [5, 5.41) is 9.76. The van der Waals surface area contributed by atoms with Crippen molar-refractivity contribution >= 4 is 11.7 Å². The number of nitrogens with one attached hydrogen (secondary N) is 2. The van der Waals surface area contributed by atoms with Crippen LogP contribution in [0.3, 0.4) is 0 Å². The summed E-state index contributed by atoms with van der Waals surface area (Å²) in [5.74, 6) is 0. The highest BCUT2D eigenvalue weighted by molar-refractivity contribution is 5.88. The minimum absolute atomic E-state index is 0.185. The zero-order valence-electron chi connectivity index (χ0n) is 11.4. The molecule has 1 aliphatic rings. The molecule has 2 heterocycles. The fraction of sp³-hybridized carbons (Fsp3) is 0.692. The van der Waals surface area contributed by atoms with Gasteiger partial charge in [0.05, 0.1) is 24.5 Å². The fourth-order valence-corrected chi connectivity index (χ4v) is 2.10. The number of urea groups is 1. The third-order valence-corrected chi connectivity index (χ3v) is 3.09. The fourth-order valence-electron chi connectivity index (χ4n) is 2.10. The number of hydrogen-bond acceptors (Lipinski definition) is 3. The molecule has 0 radical (unpaired) electrons. The Bertz CT molecular complexity index is 399. The largest absolute Gasteiger partial charge is 0.376 e. The van der Waals surface area contributed by atoms with Gasteiger partial charge in [-0.25, -0.2) is 4.79 Å². The van der Waals surface area contributed by atoms with Crippen molar-refractivity contribution in [1.29, 1.82) is 0 Å². The van der Waals surface area contributed by atoms with E-state index in [1.807, 2.05) is 17.8 Å². The van der Waals surface area contributed by atoms with Crippen LogP contribution in [0.2, 0.25) is 0 Å². The van der Waals surface area contributed by atoms with Crippen molar-refractivity contribution in [3.05, 3.63) is 12.4 Å². The van der Waals surface area contributed by atoms with E-state index >= 15 is 0 Å². The van der Waals surface area contributed by atoms with Gasteiger partial charge in [0.25, 0.3) is 0 Å². The van der Waals surface area contributed by atoms with Gasteiger partial charge >= 0.3 is 6.03 Å². The lowest BCUT2D eigenvalue weighted by molar-refractivity contribution is 0.00401. The topological polar surface area (TPSA) is 68.2 Å². The number of amides is 2. The second-order valence-electron chi connectivity index (χ2n) is 4.82. The Morgan fingerprint density at radius 2 is 2.47 bits per heavy atom. The first-order valence-electron chi connectivity index (χ1n) is 6.97. The lowest BCUT2D eigenvalue weighted by atomic mass is 10.1. The quantitative estimate of drug-likeness (QED) is 0.856. The number of anilines is 1. The predicted octanol–water partition coefficient (Wildman–Crippen LogP) is 1.98. The van der Waals surface area contributed by atoms with Gasteiger partial charge in [-0.15, -0.1) is 0 Å². The molecule has 0 aliphatic carbocycles. The number of carbonyl (C=O) groups excluding carboxylic acids is 1. The number of carbonyl (C=O) groups is 1. The summed E-state index contributed by atoms with van der Waals surface area (Å²) < 4.78 is 7.49. The monoisotopic (exact) mass is 266 g/mol. The molecule has 1 saturated heterocycles. The molecular weight excluding hydrogens is 244 g/mol. The van der Waals surface area contributed by atoms with Crippen LogP contribution in [0.1, 0.15) is 32.6 Å². The molecule has 1 aliphatic heterocycles. The van der Waals surface area contributed by atoms with Crippen LogP contribution in [0, 0.1) is 0 Å². The normalized spacial score (nSPS) is 19.1. The van der Waals surface area contributed by atoms with Crippen LogP contribution in [-0.2, 0) is 11.3 Å². The molecule has 1 aromatic heterocycles. The summed E-state index contributed by atoms with van der Waals surface area (Å²) in [6, 6.07) is -0.185. The lowest BCUT2D eigenvalue weighted by Crippen LogP contribution is -2.29. The second-order valence-corrected chi connectivity index (χ2v) is 4.82. The molecule has 6 nitrogen and oxygen atoms in total. The molecule has 1 unspecified atom stereocenters. The molecular formula is C13H22N4O2. The number of nitrogens with zero attached hydrogens (tertiary/aromatic N) is 2. The third kappa shape index (κ3) is 4.55. The molecule has 6 heteroatoms. The summed E-state index contributed by atoms with van der Waals surface area (Å²) in [6.45, 7) is 4.28. The van der Waals surface area contributed by atoms with E-state index < -0.39 is 0 Å². The van der Waals surface area contributed by atoms with E-state index in [-0.39, 0.29) is 12.1 Å². The van der Waals surface area contributed by atoms with Crippen molar-refractivity contribution in [3.8, 4) is 0 Å². The van der Waals surface area contributed by atoms with E-state index in [0.29, 0.717) is 12.2 Å². The lowest BCUT2D eigenvalue weighted by Gasteiger charge is -2.22. The van der Waals surface area contributed by atoms with Crippen molar-refractivity contribution in [2.45, 2.75) is 45.3 Å². The van der Waals surface area contributed by atoms with Crippen molar-refractivity contribution < 1.29 is 9.53 Å². The van der Waals surface area contributed by atoms with E-state index in [0.717, 1.165) is 32.4 Å². The maximum absolute atomic E-state index is 11.5. The molecule has 19 heavy (non-hydrogen) atoms. The van der Waals surface area contributed by atoms with Gasteiger partial charge in [0.15, 0.2) is 0 Å². The van der Waals surface area contributed by atoms with Gasteiger partial charge in [-0.3, -0.25) is 4.68 Å². The van der Waals surface area contributed by atoms with E-state index in [4.69, 9.17) is 4.74 Å². The van der Waals surface area contributed by atoms with Crippen molar-refractivity contribution in [1.82, 2.24) is 15.1 Å². The summed E-state index contributed by atoms with van der Waals surface area (Å²) >= 11 is 0. The third-order valence-electron chi connectivity index (χ3n) is 3.09. The predicted molar refractivity (Wildman–Crippen MR) is 73.1 cm³/mol. The van der Waals surface area contributed by atoms with Crippen molar-refractivity contribution in [2.24, 2.45) is 0 Å². The Hall–Kier alpha value is -1.56. The maximum atomic E-state index is 11.5. The minimum Gasteiger partial charge on any atom is -0.376 e. The van der Waals surface area contributed by atoms with Crippen molar-refractivity contribution in [3.63, 3.8) is 0 Å². The highest BCUT2D eigenvalue weighted by atomic mass is 16.5. The molecule has 0 saturated carbocycles. The molecule has 0 aromatic carbocycles. The molecule has 2 N–H and O–H groups in total. The Morgan fingerprint density at radius 3 is 3.21 bits per heavy atom. The van der Waals surface area contributed by atoms with E-state index in [2.05, 4.69) is 15.7 Å². The van der Waals surface area contributed by atoms with E-state index in [1.54, 1.807) is 6.20 Å².